The number of nitrogens with one attached hydrogen (secondary N) is 2. The van der Waals surface area contributed by atoms with Crippen LogP contribution in [0.2, 0.25) is 0 Å². The smallest absolute Gasteiger partial charge is 0.231 e. The zero-order chi connectivity index (χ0) is 15.8. The zero-order valence-corrected chi connectivity index (χ0v) is 14.3. The quantitative estimate of drug-likeness (QED) is 0.730. The molecule has 0 bridgehead atoms. The number of anilines is 3. The standard InChI is InChI=1S/C15H30N6/c1-7-16-13-18-14(17-12(6)10-11(4)5)20-15(19-13)21(8-2)9-3/h11-12H,7-10H2,1-6H3,(H2,16,17,18,19,20). The monoisotopic (exact) mass is 294 g/mol. The van der Waals surface area contributed by atoms with Crippen molar-refractivity contribution in [1.82, 2.24) is 15.0 Å². The van der Waals surface area contributed by atoms with Gasteiger partial charge in [0, 0.05) is 25.7 Å². The number of nitrogens with zero attached hydrogens (tertiary/aromatic N) is 4. The van der Waals surface area contributed by atoms with Gasteiger partial charge in [-0.3, -0.25) is 0 Å². The van der Waals surface area contributed by atoms with Crippen molar-refractivity contribution >= 4 is 17.8 Å². The van der Waals surface area contributed by atoms with Crippen LogP contribution in [-0.4, -0.2) is 40.6 Å². The Hall–Kier alpha value is -1.59. The molecule has 6 heteroatoms. The topological polar surface area (TPSA) is 66.0 Å². The highest BCUT2D eigenvalue weighted by atomic mass is 15.3. The maximum atomic E-state index is 4.56. The summed E-state index contributed by atoms with van der Waals surface area (Å²) in [5.41, 5.74) is 0. The molecule has 0 amide bonds. The summed E-state index contributed by atoms with van der Waals surface area (Å²) in [5.74, 6) is 2.65. The van der Waals surface area contributed by atoms with Crippen molar-refractivity contribution in [3.8, 4) is 0 Å². The van der Waals surface area contributed by atoms with E-state index in [0.29, 0.717) is 23.9 Å². The minimum absolute atomic E-state index is 0.339. The molecule has 0 aliphatic heterocycles. The molecule has 1 atom stereocenters. The summed E-state index contributed by atoms with van der Waals surface area (Å²) in [4.78, 5) is 15.6. The van der Waals surface area contributed by atoms with E-state index in [9.17, 15) is 0 Å². The SMILES string of the molecule is CCNc1nc(NC(C)CC(C)C)nc(N(CC)CC)n1. The zero-order valence-electron chi connectivity index (χ0n) is 14.3. The van der Waals surface area contributed by atoms with Gasteiger partial charge in [-0.1, -0.05) is 13.8 Å². The Morgan fingerprint density at radius 2 is 1.57 bits per heavy atom. The number of hydrogen-bond acceptors (Lipinski definition) is 6. The molecule has 120 valence electrons. The van der Waals surface area contributed by atoms with E-state index in [2.05, 4.69) is 65.1 Å². The lowest BCUT2D eigenvalue weighted by molar-refractivity contribution is 0.537. The van der Waals surface area contributed by atoms with E-state index in [0.717, 1.165) is 32.0 Å². The van der Waals surface area contributed by atoms with Gasteiger partial charge in [0.05, 0.1) is 0 Å². The molecule has 2 N–H and O–H groups in total. The van der Waals surface area contributed by atoms with Crippen molar-refractivity contribution < 1.29 is 0 Å². The number of aromatic nitrogens is 3. The minimum Gasteiger partial charge on any atom is -0.354 e. The van der Waals surface area contributed by atoms with Gasteiger partial charge in [0.25, 0.3) is 0 Å². The van der Waals surface area contributed by atoms with Crippen LogP contribution in [0.15, 0.2) is 0 Å². The van der Waals surface area contributed by atoms with E-state index >= 15 is 0 Å². The average Bonchev–Trinajstić information content (AvgIpc) is 2.39. The van der Waals surface area contributed by atoms with Crippen molar-refractivity contribution in [2.24, 2.45) is 5.92 Å². The maximum absolute atomic E-state index is 4.56. The summed E-state index contributed by atoms with van der Waals surface area (Å²) in [6.07, 6.45) is 1.09. The van der Waals surface area contributed by atoms with Crippen LogP contribution in [0.1, 0.15) is 48.0 Å². The lowest BCUT2D eigenvalue weighted by Gasteiger charge is -2.21. The van der Waals surface area contributed by atoms with E-state index in [1.54, 1.807) is 0 Å². The third-order valence-electron chi connectivity index (χ3n) is 3.21. The Morgan fingerprint density at radius 3 is 2.10 bits per heavy atom. The summed E-state index contributed by atoms with van der Waals surface area (Å²) < 4.78 is 0. The van der Waals surface area contributed by atoms with Crippen LogP contribution in [0, 0.1) is 5.92 Å². The molecule has 0 aliphatic rings. The van der Waals surface area contributed by atoms with Gasteiger partial charge >= 0.3 is 0 Å². The second-order valence-electron chi connectivity index (χ2n) is 5.66. The second-order valence-corrected chi connectivity index (χ2v) is 5.66. The third-order valence-corrected chi connectivity index (χ3v) is 3.21. The summed E-state index contributed by atoms with van der Waals surface area (Å²) in [5, 5.41) is 6.56. The van der Waals surface area contributed by atoms with Gasteiger partial charge in [0.15, 0.2) is 0 Å². The van der Waals surface area contributed by atoms with E-state index < -0.39 is 0 Å². The molecule has 0 spiro atoms. The molecule has 0 aromatic carbocycles. The Bertz CT molecular complexity index is 417. The Kier molecular flexibility index (Phi) is 7.19. The Labute approximate surface area is 128 Å². The first kappa shape index (κ1) is 17.5. The van der Waals surface area contributed by atoms with E-state index in [4.69, 9.17) is 0 Å². The molecule has 0 fully saturated rings. The molecule has 1 unspecified atom stereocenters. The molecular weight excluding hydrogens is 264 g/mol. The third kappa shape index (κ3) is 5.73. The fraction of sp³-hybridized carbons (Fsp3) is 0.800. The van der Waals surface area contributed by atoms with Crippen LogP contribution in [0.3, 0.4) is 0 Å². The van der Waals surface area contributed by atoms with Crippen LogP contribution in [0.25, 0.3) is 0 Å². The fourth-order valence-electron chi connectivity index (χ4n) is 2.30. The molecule has 1 aromatic heterocycles. The van der Waals surface area contributed by atoms with Crippen molar-refractivity contribution in [2.45, 2.75) is 54.0 Å². The normalized spacial score (nSPS) is 12.3. The van der Waals surface area contributed by atoms with Gasteiger partial charge in [-0.15, -0.1) is 0 Å². The summed E-state index contributed by atoms with van der Waals surface area (Å²) >= 11 is 0. The largest absolute Gasteiger partial charge is 0.354 e. The first-order valence-electron chi connectivity index (χ1n) is 8.01. The second kappa shape index (κ2) is 8.64. The number of rotatable bonds is 9. The molecule has 0 saturated carbocycles. The van der Waals surface area contributed by atoms with Crippen LogP contribution in [-0.2, 0) is 0 Å². The van der Waals surface area contributed by atoms with Crippen LogP contribution >= 0.6 is 0 Å². The molecule has 0 saturated heterocycles. The van der Waals surface area contributed by atoms with Gasteiger partial charge in [-0.05, 0) is 40.0 Å². The lowest BCUT2D eigenvalue weighted by Crippen LogP contribution is -2.26. The Morgan fingerprint density at radius 1 is 0.952 bits per heavy atom. The summed E-state index contributed by atoms with van der Waals surface area (Å²) in [7, 11) is 0. The molecule has 0 radical (unpaired) electrons. The first-order valence-corrected chi connectivity index (χ1v) is 8.01. The predicted octanol–water partition coefficient (Wildman–Crippen LogP) is 3.00. The van der Waals surface area contributed by atoms with Crippen molar-refractivity contribution in [2.75, 3.05) is 35.2 Å². The van der Waals surface area contributed by atoms with Gasteiger partial charge in [0.2, 0.25) is 17.8 Å². The molecule has 0 aliphatic carbocycles. The highest BCUT2D eigenvalue weighted by Crippen LogP contribution is 2.15. The predicted molar refractivity (Wildman–Crippen MR) is 90.1 cm³/mol. The molecule has 1 rings (SSSR count). The van der Waals surface area contributed by atoms with Crippen LogP contribution in [0.4, 0.5) is 17.8 Å². The number of hydrogen-bond donors (Lipinski definition) is 2. The van der Waals surface area contributed by atoms with Crippen LogP contribution in [0.5, 0.6) is 0 Å². The van der Waals surface area contributed by atoms with Crippen molar-refractivity contribution in [1.29, 1.82) is 0 Å². The lowest BCUT2D eigenvalue weighted by atomic mass is 10.1. The van der Waals surface area contributed by atoms with E-state index in [1.807, 2.05) is 6.92 Å². The Balaban J connectivity index is 2.96. The molecule has 1 heterocycles. The van der Waals surface area contributed by atoms with Crippen molar-refractivity contribution in [3.63, 3.8) is 0 Å². The van der Waals surface area contributed by atoms with Gasteiger partial charge in [-0.2, -0.15) is 15.0 Å². The first-order chi connectivity index (χ1) is 9.99. The van der Waals surface area contributed by atoms with Gasteiger partial charge in [0.1, 0.15) is 0 Å². The summed E-state index contributed by atoms with van der Waals surface area (Å²) in [6, 6.07) is 0.339. The maximum Gasteiger partial charge on any atom is 0.231 e. The highest BCUT2D eigenvalue weighted by molar-refractivity contribution is 5.44. The van der Waals surface area contributed by atoms with Gasteiger partial charge in [-0.25, -0.2) is 0 Å². The minimum atomic E-state index is 0.339. The molecular formula is C15H30N6. The van der Waals surface area contributed by atoms with Crippen LogP contribution < -0.4 is 15.5 Å². The fourth-order valence-corrected chi connectivity index (χ4v) is 2.30. The van der Waals surface area contributed by atoms with Crippen molar-refractivity contribution in [3.05, 3.63) is 0 Å². The molecule has 1 aromatic rings. The molecule has 6 nitrogen and oxygen atoms in total. The van der Waals surface area contributed by atoms with E-state index in [-0.39, 0.29) is 0 Å². The van der Waals surface area contributed by atoms with E-state index in [1.165, 1.54) is 0 Å². The van der Waals surface area contributed by atoms with Gasteiger partial charge < -0.3 is 15.5 Å². The summed E-state index contributed by atoms with van der Waals surface area (Å²) in [6.45, 7) is 15.4. The molecule has 21 heavy (non-hydrogen) atoms. The average molecular weight is 294 g/mol. The highest BCUT2D eigenvalue weighted by Gasteiger charge is 2.13.